The fourth-order valence-corrected chi connectivity index (χ4v) is 5.41. The van der Waals surface area contributed by atoms with Crippen molar-refractivity contribution in [2.24, 2.45) is 5.92 Å². The Morgan fingerprint density at radius 3 is 2.70 bits per heavy atom. The van der Waals surface area contributed by atoms with Crippen LogP contribution in [-0.2, 0) is 11.0 Å². The van der Waals surface area contributed by atoms with Gasteiger partial charge in [0, 0.05) is 29.3 Å². The van der Waals surface area contributed by atoms with Gasteiger partial charge < -0.3 is 9.80 Å². The molecule has 2 heterocycles. The molecule has 2 fully saturated rings. The average Bonchev–Trinajstić information content (AvgIpc) is 3.37. The van der Waals surface area contributed by atoms with Crippen molar-refractivity contribution >= 4 is 44.9 Å². The van der Waals surface area contributed by atoms with Gasteiger partial charge >= 0.3 is 6.18 Å². The van der Waals surface area contributed by atoms with Crippen LogP contribution in [-0.4, -0.2) is 34.8 Å². The third kappa shape index (κ3) is 4.85. The topological polar surface area (TPSA) is 36.4 Å². The molecule has 1 aromatic carbocycles. The maximum atomic E-state index is 13.9. The number of aryl methyl sites for hydroxylation is 1. The normalized spacial score (nSPS) is 22.2. The fraction of sp³-hybridized carbons (Fsp3) is 0.478. The van der Waals surface area contributed by atoms with Crippen LogP contribution in [0.15, 0.2) is 30.3 Å². The van der Waals surface area contributed by atoms with E-state index in [1.165, 1.54) is 25.1 Å². The number of hydrogen-bond donors (Lipinski definition) is 0. The van der Waals surface area contributed by atoms with Crippen molar-refractivity contribution in [3.63, 3.8) is 0 Å². The van der Waals surface area contributed by atoms with Gasteiger partial charge in [-0.05, 0) is 68.9 Å². The van der Waals surface area contributed by atoms with Gasteiger partial charge in [-0.3, -0.25) is 4.79 Å². The molecule has 2 aromatic rings. The minimum absolute atomic E-state index is 0.0153. The molecule has 1 aliphatic heterocycles. The smallest absolute Gasteiger partial charge is 0.341 e. The van der Waals surface area contributed by atoms with Gasteiger partial charge in [-0.2, -0.15) is 13.2 Å². The van der Waals surface area contributed by atoms with E-state index in [2.05, 4.69) is 20.9 Å². The first-order valence-electron chi connectivity index (χ1n) is 10.8. The molecule has 1 saturated heterocycles. The Bertz CT molecular complexity index is 1050. The van der Waals surface area contributed by atoms with Crippen molar-refractivity contribution in [1.82, 2.24) is 4.98 Å². The summed E-state index contributed by atoms with van der Waals surface area (Å²) in [4.78, 5) is 21.6. The van der Waals surface area contributed by atoms with Gasteiger partial charge in [0.15, 0.2) is 0 Å². The van der Waals surface area contributed by atoms with E-state index in [0.29, 0.717) is 24.0 Å². The Hall–Kier alpha value is -1.87. The molecule has 3 atom stereocenters. The maximum Gasteiger partial charge on any atom is 0.416 e. The van der Waals surface area contributed by atoms with E-state index in [0.717, 1.165) is 31.4 Å². The van der Waals surface area contributed by atoms with Crippen LogP contribution in [0.2, 0.25) is 5.02 Å². The number of nitrogens with zero attached hydrogens (tertiary/aromatic N) is 3. The van der Waals surface area contributed by atoms with Crippen LogP contribution >= 0.6 is 27.5 Å². The molecule has 10 heteroatoms. The second-order valence-corrected chi connectivity index (χ2v) is 9.76. The molecule has 0 spiro atoms. The molecule has 1 aliphatic carbocycles. The molecule has 33 heavy (non-hydrogen) atoms. The summed E-state index contributed by atoms with van der Waals surface area (Å²) in [5.41, 5.74) is -0.0704. The zero-order chi connectivity index (χ0) is 23.9. The first kappa shape index (κ1) is 24.3. The lowest BCUT2D eigenvalue weighted by atomic mass is 9.96. The summed E-state index contributed by atoms with van der Waals surface area (Å²) >= 11 is 9.35. The van der Waals surface area contributed by atoms with E-state index >= 15 is 0 Å². The highest BCUT2D eigenvalue weighted by Gasteiger charge is 2.51. The summed E-state index contributed by atoms with van der Waals surface area (Å²) in [6.07, 6.45) is -1.51. The zero-order valence-corrected chi connectivity index (χ0v) is 20.2. The van der Waals surface area contributed by atoms with Crippen LogP contribution in [0, 0.1) is 18.7 Å². The first-order valence-corrected chi connectivity index (χ1v) is 12.3. The third-order valence-corrected chi connectivity index (χ3v) is 7.22. The number of carbonyl (C=O) groups is 1. The zero-order valence-electron chi connectivity index (χ0n) is 17.9. The van der Waals surface area contributed by atoms with E-state index in [1.807, 2.05) is 0 Å². The van der Waals surface area contributed by atoms with E-state index in [9.17, 15) is 22.4 Å². The van der Waals surface area contributed by atoms with E-state index < -0.39 is 23.6 Å². The van der Waals surface area contributed by atoms with Crippen LogP contribution in [0.1, 0.15) is 36.9 Å². The van der Waals surface area contributed by atoms with E-state index in [4.69, 9.17) is 11.6 Å². The van der Waals surface area contributed by atoms with Crippen LogP contribution in [0.5, 0.6) is 0 Å². The Kier molecular flexibility index (Phi) is 6.92. The van der Waals surface area contributed by atoms with Crippen molar-refractivity contribution < 1.29 is 22.4 Å². The number of amides is 1. The van der Waals surface area contributed by atoms with Gasteiger partial charge in [0.2, 0.25) is 5.91 Å². The number of pyridine rings is 1. The molecule has 2 aliphatic rings. The van der Waals surface area contributed by atoms with Crippen molar-refractivity contribution in [3.8, 4) is 0 Å². The van der Waals surface area contributed by atoms with Gasteiger partial charge in [-0.25, -0.2) is 9.37 Å². The predicted octanol–water partition coefficient (Wildman–Crippen LogP) is 6.38. The second-order valence-electron chi connectivity index (χ2n) is 8.56. The van der Waals surface area contributed by atoms with Crippen LogP contribution < -0.4 is 9.80 Å². The summed E-state index contributed by atoms with van der Waals surface area (Å²) in [5, 5.41) is 0.560. The number of hydrogen-bond acceptors (Lipinski definition) is 3. The molecular formula is C23H23BrClF4N3O. The number of rotatable bonds is 6. The van der Waals surface area contributed by atoms with Crippen molar-refractivity contribution in [1.29, 1.82) is 0 Å². The second kappa shape index (κ2) is 9.41. The fourth-order valence-electron chi connectivity index (χ4n) is 4.98. The molecule has 4 nitrogen and oxygen atoms in total. The highest BCUT2D eigenvalue weighted by molar-refractivity contribution is 9.09. The van der Waals surface area contributed by atoms with Crippen molar-refractivity contribution in [2.75, 3.05) is 21.7 Å². The molecular weight excluding hydrogens is 526 g/mol. The largest absolute Gasteiger partial charge is 0.416 e. The molecule has 4 rings (SSSR count). The molecule has 1 amide bonds. The van der Waals surface area contributed by atoms with Gasteiger partial charge in [0.1, 0.15) is 17.7 Å². The lowest BCUT2D eigenvalue weighted by molar-refractivity contribution is -0.137. The molecule has 1 aromatic heterocycles. The first-order chi connectivity index (χ1) is 15.6. The van der Waals surface area contributed by atoms with E-state index in [1.54, 1.807) is 9.80 Å². The monoisotopic (exact) mass is 547 g/mol. The van der Waals surface area contributed by atoms with Crippen LogP contribution in [0.3, 0.4) is 0 Å². The summed E-state index contributed by atoms with van der Waals surface area (Å²) in [7, 11) is 0. The number of anilines is 2. The number of benzene rings is 1. The lowest BCUT2D eigenvalue weighted by Crippen LogP contribution is -2.52. The van der Waals surface area contributed by atoms with Crippen LogP contribution in [0.4, 0.5) is 29.1 Å². The number of aromatic nitrogens is 1. The predicted molar refractivity (Wildman–Crippen MR) is 124 cm³/mol. The average molecular weight is 549 g/mol. The summed E-state index contributed by atoms with van der Waals surface area (Å²) < 4.78 is 54.1. The highest BCUT2D eigenvalue weighted by Crippen LogP contribution is 2.46. The van der Waals surface area contributed by atoms with Gasteiger partial charge in [0.25, 0.3) is 0 Å². The Labute approximate surface area is 203 Å². The maximum absolute atomic E-state index is 13.9. The molecule has 0 radical (unpaired) electrons. The molecule has 0 unspecified atom stereocenters. The van der Waals surface area contributed by atoms with Gasteiger partial charge in [-0.1, -0.05) is 27.5 Å². The Morgan fingerprint density at radius 2 is 2.03 bits per heavy atom. The number of alkyl halides is 4. The number of carbonyl (C=O) groups excluding carboxylic acids is 1. The summed E-state index contributed by atoms with van der Waals surface area (Å²) in [6.45, 7) is 1.88. The highest BCUT2D eigenvalue weighted by atomic mass is 79.9. The summed E-state index contributed by atoms with van der Waals surface area (Å²) in [6, 6.07) is 5.48. The SMILES string of the molecule is Cc1cc(C(F)(F)F)cc(N2[C@@H]3CC[C@@H](C3)[C@H]2C(=O)N(CCCBr)c2ccc(F)c(Cl)c2)n1. The minimum atomic E-state index is -4.51. The molecule has 0 N–H and O–H groups in total. The summed E-state index contributed by atoms with van der Waals surface area (Å²) in [5.74, 6) is -0.631. The molecule has 1 saturated carbocycles. The number of halogens is 6. The molecule has 178 valence electrons. The number of piperidine rings is 1. The number of fused-ring (bicyclic) bond motifs is 2. The van der Waals surface area contributed by atoms with Gasteiger partial charge in [-0.15, -0.1) is 0 Å². The standard InChI is InChI=1S/C23H23BrClF4N3O/c1-13-9-15(23(27,28)29)11-20(30-13)32-17-4-3-14(10-17)21(32)22(33)31(8-2-7-24)16-5-6-19(26)18(25)12-16/h5-6,9,11-12,14,17,21H,2-4,7-8,10H2,1H3/t14-,17+,21-/m0/s1. The molecule has 2 bridgehead atoms. The van der Waals surface area contributed by atoms with Crippen LogP contribution in [0.25, 0.3) is 0 Å². The van der Waals surface area contributed by atoms with Crippen molar-refractivity contribution in [2.45, 2.75) is 50.9 Å². The Morgan fingerprint density at radius 1 is 1.27 bits per heavy atom. The quantitative estimate of drug-likeness (QED) is 0.311. The van der Waals surface area contributed by atoms with Gasteiger partial charge in [0.05, 0.1) is 10.6 Å². The van der Waals surface area contributed by atoms with E-state index in [-0.39, 0.29) is 34.4 Å². The Balaban J connectivity index is 1.73. The lowest BCUT2D eigenvalue weighted by Gasteiger charge is -2.38. The third-order valence-electron chi connectivity index (χ3n) is 6.37. The van der Waals surface area contributed by atoms with Crippen molar-refractivity contribution in [3.05, 3.63) is 52.4 Å². The minimum Gasteiger partial charge on any atom is -0.341 e.